The van der Waals surface area contributed by atoms with Gasteiger partial charge in [-0.15, -0.1) is 11.8 Å². The van der Waals surface area contributed by atoms with Crippen LogP contribution in [0.4, 0.5) is 24.5 Å². The van der Waals surface area contributed by atoms with Crippen molar-refractivity contribution in [1.82, 2.24) is 0 Å². The fourth-order valence-electron chi connectivity index (χ4n) is 1.85. The van der Waals surface area contributed by atoms with Crippen molar-refractivity contribution in [3.63, 3.8) is 0 Å². The second kappa shape index (κ2) is 7.75. The Hall–Kier alpha value is -2.26. The van der Waals surface area contributed by atoms with Crippen LogP contribution < -0.4 is 5.32 Å². The van der Waals surface area contributed by atoms with Crippen LogP contribution in [0.25, 0.3) is 0 Å². The van der Waals surface area contributed by atoms with E-state index >= 15 is 0 Å². The number of anilines is 1. The molecule has 0 saturated carbocycles. The van der Waals surface area contributed by atoms with Gasteiger partial charge >= 0.3 is 6.18 Å². The number of thioether (sulfide) groups is 1. The Bertz CT molecular complexity index is 815. The SMILES string of the molecule is O=C(Nc1ccccc1SCC(F)(F)F)c1cc([N+](=O)[O-])ccc1Cl. The third-order valence-corrected chi connectivity index (χ3v) is 4.40. The number of nitro groups is 1. The molecule has 2 aromatic carbocycles. The van der Waals surface area contributed by atoms with E-state index in [4.69, 9.17) is 11.6 Å². The van der Waals surface area contributed by atoms with E-state index in [9.17, 15) is 28.1 Å². The number of halogens is 4. The molecule has 0 aliphatic rings. The van der Waals surface area contributed by atoms with E-state index in [2.05, 4.69) is 5.32 Å². The van der Waals surface area contributed by atoms with Crippen LogP contribution in [0.3, 0.4) is 0 Å². The van der Waals surface area contributed by atoms with Crippen LogP contribution in [-0.2, 0) is 0 Å². The standard InChI is InChI=1S/C15H10ClF3N2O3S/c16-11-6-5-9(21(23)24)7-10(11)14(22)20-12-3-1-2-4-13(12)25-8-15(17,18)19/h1-7H,8H2,(H,20,22). The number of carbonyl (C=O) groups is 1. The van der Waals surface area contributed by atoms with Gasteiger partial charge in [0.15, 0.2) is 0 Å². The molecule has 0 unspecified atom stereocenters. The summed E-state index contributed by atoms with van der Waals surface area (Å²) in [7, 11) is 0. The minimum absolute atomic E-state index is 0.0106. The van der Waals surface area contributed by atoms with Gasteiger partial charge in [-0.1, -0.05) is 23.7 Å². The maximum Gasteiger partial charge on any atom is 0.398 e. The zero-order chi connectivity index (χ0) is 18.6. The Morgan fingerprint density at radius 1 is 1.24 bits per heavy atom. The summed E-state index contributed by atoms with van der Waals surface area (Å²) < 4.78 is 37.2. The van der Waals surface area contributed by atoms with Gasteiger partial charge in [0.25, 0.3) is 11.6 Å². The Kier molecular flexibility index (Phi) is 5.91. The smallest absolute Gasteiger partial charge is 0.321 e. The summed E-state index contributed by atoms with van der Waals surface area (Å²) in [4.78, 5) is 22.7. The van der Waals surface area contributed by atoms with E-state index < -0.39 is 22.8 Å². The van der Waals surface area contributed by atoms with Gasteiger partial charge in [-0.2, -0.15) is 13.2 Å². The Morgan fingerprint density at radius 3 is 2.56 bits per heavy atom. The third kappa shape index (κ3) is 5.36. The monoisotopic (exact) mass is 390 g/mol. The summed E-state index contributed by atoms with van der Waals surface area (Å²) >= 11 is 6.41. The highest BCUT2D eigenvalue weighted by Gasteiger charge is 2.28. The molecule has 1 N–H and O–H groups in total. The van der Waals surface area contributed by atoms with Gasteiger partial charge in [0.1, 0.15) is 0 Å². The molecule has 1 amide bonds. The summed E-state index contributed by atoms with van der Waals surface area (Å²) in [6.45, 7) is 0. The number of nitro benzene ring substituents is 1. The van der Waals surface area contributed by atoms with Crippen LogP contribution in [-0.4, -0.2) is 22.8 Å². The van der Waals surface area contributed by atoms with Crippen molar-refractivity contribution >= 4 is 40.6 Å². The summed E-state index contributed by atoms with van der Waals surface area (Å²) in [6.07, 6.45) is -4.36. The minimum atomic E-state index is -4.36. The molecule has 5 nitrogen and oxygen atoms in total. The van der Waals surface area contributed by atoms with E-state index in [1.165, 1.54) is 24.3 Å². The molecular formula is C15H10ClF3N2O3S. The Balaban J connectivity index is 2.24. The zero-order valence-corrected chi connectivity index (χ0v) is 13.9. The number of non-ortho nitro benzene ring substituents is 1. The first kappa shape index (κ1) is 19.1. The highest BCUT2D eigenvalue weighted by atomic mass is 35.5. The lowest BCUT2D eigenvalue weighted by atomic mass is 10.2. The van der Waals surface area contributed by atoms with Crippen molar-refractivity contribution in [2.24, 2.45) is 0 Å². The topological polar surface area (TPSA) is 72.2 Å². The molecule has 0 aliphatic carbocycles. The number of benzene rings is 2. The van der Waals surface area contributed by atoms with Gasteiger partial charge in [-0.25, -0.2) is 0 Å². The van der Waals surface area contributed by atoms with Crippen molar-refractivity contribution in [3.05, 3.63) is 63.2 Å². The molecule has 2 aromatic rings. The number of nitrogens with one attached hydrogen (secondary N) is 1. The van der Waals surface area contributed by atoms with Crippen molar-refractivity contribution in [3.8, 4) is 0 Å². The summed E-state index contributed by atoms with van der Waals surface area (Å²) in [6, 6.07) is 9.30. The van der Waals surface area contributed by atoms with Crippen molar-refractivity contribution < 1.29 is 22.9 Å². The average molecular weight is 391 g/mol. The van der Waals surface area contributed by atoms with E-state index in [-0.39, 0.29) is 26.9 Å². The first-order valence-electron chi connectivity index (χ1n) is 6.71. The van der Waals surface area contributed by atoms with Gasteiger partial charge in [-0.05, 0) is 18.2 Å². The van der Waals surface area contributed by atoms with Crippen LogP contribution in [0.1, 0.15) is 10.4 Å². The summed E-state index contributed by atoms with van der Waals surface area (Å²) in [5, 5.41) is 13.2. The summed E-state index contributed by atoms with van der Waals surface area (Å²) in [5.74, 6) is -1.87. The maximum absolute atomic E-state index is 12.4. The highest BCUT2D eigenvalue weighted by molar-refractivity contribution is 7.99. The lowest BCUT2D eigenvalue weighted by Gasteiger charge is -2.12. The summed E-state index contributed by atoms with van der Waals surface area (Å²) in [5.41, 5.74) is -0.315. The van der Waals surface area contributed by atoms with Crippen molar-refractivity contribution in [2.75, 3.05) is 11.1 Å². The first-order chi connectivity index (χ1) is 11.7. The van der Waals surface area contributed by atoms with Crippen LogP contribution in [0.15, 0.2) is 47.4 Å². The number of amides is 1. The molecule has 0 spiro atoms. The molecule has 0 atom stereocenters. The van der Waals surface area contributed by atoms with E-state index in [1.54, 1.807) is 6.07 Å². The Morgan fingerprint density at radius 2 is 1.92 bits per heavy atom. The van der Waals surface area contributed by atoms with E-state index in [0.717, 1.165) is 12.1 Å². The molecule has 25 heavy (non-hydrogen) atoms. The van der Waals surface area contributed by atoms with Gasteiger partial charge < -0.3 is 5.32 Å². The molecular weight excluding hydrogens is 381 g/mol. The van der Waals surface area contributed by atoms with E-state index in [1.807, 2.05) is 0 Å². The molecule has 2 rings (SSSR count). The quantitative estimate of drug-likeness (QED) is 0.435. The van der Waals surface area contributed by atoms with Crippen LogP contribution in [0.5, 0.6) is 0 Å². The zero-order valence-electron chi connectivity index (χ0n) is 12.3. The third-order valence-electron chi connectivity index (χ3n) is 2.93. The van der Waals surface area contributed by atoms with Gasteiger partial charge in [-0.3, -0.25) is 14.9 Å². The van der Waals surface area contributed by atoms with Crippen LogP contribution in [0.2, 0.25) is 5.02 Å². The van der Waals surface area contributed by atoms with Crippen LogP contribution >= 0.6 is 23.4 Å². The highest BCUT2D eigenvalue weighted by Crippen LogP contribution is 2.32. The van der Waals surface area contributed by atoms with Crippen molar-refractivity contribution in [1.29, 1.82) is 0 Å². The molecule has 0 heterocycles. The molecule has 0 aliphatic heterocycles. The number of hydrogen-bond donors (Lipinski definition) is 1. The second-order valence-corrected chi connectivity index (χ2v) is 6.20. The Labute approximate surface area is 149 Å². The largest absolute Gasteiger partial charge is 0.398 e. The van der Waals surface area contributed by atoms with E-state index in [0.29, 0.717) is 11.8 Å². The molecule has 0 bridgehead atoms. The molecule has 132 valence electrons. The lowest BCUT2D eigenvalue weighted by molar-refractivity contribution is -0.384. The number of nitrogens with zero attached hydrogens (tertiary/aromatic N) is 1. The molecule has 10 heteroatoms. The molecule has 0 fully saturated rings. The molecule has 0 radical (unpaired) electrons. The number of rotatable bonds is 5. The van der Waals surface area contributed by atoms with Crippen LogP contribution in [0, 0.1) is 10.1 Å². The van der Waals surface area contributed by atoms with Gasteiger partial charge in [0.2, 0.25) is 0 Å². The van der Waals surface area contributed by atoms with Gasteiger partial charge in [0.05, 0.1) is 26.9 Å². The lowest BCUT2D eigenvalue weighted by Crippen LogP contribution is -2.14. The predicted octanol–water partition coefficient (Wildman–Crippen LogP) is 5.15. The fourth-order valence-corrected chi connectivity index (χ4v) is 2.82. The number of alkyl halides is 3. The fraction of sp³-hybridized carbons (Fsp3) is 0.133. The molecule has 0 saturated heterocycles. The second-order valence-electron chi connectivity index (χ2n) is 4.78. The number of hydrogen-bond acceptors (Lipinski definition) is 4. The normalized spacial score (nSPS) is 11.2. The van der Waals surface area contributed by atoms with Crippen molar-refractivity contribution in [2.45, 2.75) is 11.1 Å². The first-order valence-corrected chi connectivity index (χ1v) is 8.07. The minimum Gasteiger partial charge on any atom is -0.321 e. The molecule has 0 aromatic heterocycles. The number of para-hydroxylation sites is 1. The predicted molar refractivity (Wildman–Crippen MR) is 89.3 cm³/mol. The van der Waals surface area contributed by atoms with Gasteiger partial charge in [0, 0.05) is 17.0 Å². The average Bonchev–Trinajstić information content (AvgIpc) is 2.53. The maximum atomic E-state index is 12.4. The number of carbonyl (C=O) groups excluding carboxylic acids is 1.